The predicted octanol–water partition coefficient (Wildman–Crippen LogP) is 3.12. The summed E-state index contributed by atoms with van der Waals surface area (Å²) in [5, 5.41) is 3.57. The highest BCUT2D eigenvalue weighted by molar-refractivity contribution is 5.06. The summed E-state index contributed by atoms with van der Waals surface area (Å²) in [7, 11) is 0. The van der Waals surface area contributed by atoms with Crippen molar-refractivity contribution in [2.24, 2.45) is 5.92 Å². The van der Waals surface area contributed by atoms with Crippen molar-refractivity contribution in [2.75, 3.05) is 0 Å². The van der Waals surface area contributed by atoms with E-state index in [4.69, 9.17) is 4.42 Å². The fraction of sp³-hybridized carbons (Fsp3) is 0.692. The van der Waals surface area contributed by atoms with Gasteiger partial charge >= 0.3 is 0 Å². The molecule has 0 aliphatic heterocycles. The Bertz CT molecular complexity index is 305. The van der Waals surface area contributed by atoms with Gasteiger partial charge in [0.05, 0.1) is 6.54 Å². The summed E-state index contributed by atoms with van der Waals surface area (Å²) in [5.74, 6) is 3.06. The molecule has 0 aromatic carbocycles. The lowest BCUT2D eigenvalue weighted by atomic mass is 10.1. The van der Waals surface area contributed by atoms with Gasteiger partial charge in [-0.25, -0.2) is 0 Å². The van der Waals surface area contributed by atoms with Crippen molar-refractivity contribution in [1.82, 2.24) is 5.32 Å². The van der Waals surface area contributed by atoms with E-state index in [0.717, 1.165) is 30.4 Å². The minimum absolute atomic E-state index is 0.704. The van der Waals surface area contributed by atoms with E-state index in [1.165, 1.54) is 19.3 Å². The van der Waals surface area contributed by atoms with Crippen molar-refractivity contribution in [3.63, 3.8) is 0 Å². The van der Waals surface area contributed by atoms with Gasteiger partial charge in [-0.1, -0.05) is 13.8 Å². The Morgan fingerprint density at radius 3 is 2.73 bits per heavy atom. The van der Waals surface area contributed by atoms with Gasteiger partial charge in [0.25, 0.3) is 0 Å². The van der Waals surface area contributed by atoms with Gasteiger partial charge in [0.1, 0.15) is 11.5 Å². The highest BCUT2D eigenvalue weighted by Crippen LogP contribution is 2.24. The number of hydrogen-bond acceptors (Lipinski definition) is 2. The molecule has 84 valence electrons. The maximum absolute atomic E-state index is 5.66. The third-order valence-electron chi connectivity index (χ3n) is 3.33. The molecule has 1 aromatic rings. The zero-order valence-corrected chi connectivity index (χ0v) is 9.75. The molecule has 1 saturated carbocycles. The van der Waals surface area contributed by atoms with Gasteiger partial charge in [-0.2, -0.15) is 0 Å². The topological polar surface area (TPSA) is 25.2 Å². The third kappa shape index (κ3) is 2.85. The van der Waals surface area contributed by atoms with Crippen LogP contribution >= 0.6 is 0 Å². The first-order valence-electron chi connectivity index (χ1n) is 6.09. The molecule has 0 saturated heterocycles. The molecule has 0 bridgehead atoms. The van der Waals surface area contributed by atoms with Crippen molar-refractivity contribution in [1.29, 1.82) is 0 Å². The van der Waals surface area contributed by atoms with E-state index in [9.17, 15) is 0 Å². The molecule has 1 aromatic heterocycles. The molecule has 2 rings (SSSR count). The van der Waals surface area contributed by atoms with E-state index >= 15 is 0 Å². The zero-order valence-electron chi connectivity index (χ0n) is 9.75. The quantitative estimate of drug-likeness (QED) is 0.820. The maximum atomic E-state index is 5.66. The Labute approximate surface area is 92.1 Å². The smallest absolute Gasteiger partial charge is 0.117 e. The minimum atomic E-state index is 0.704. The third-order valence-corrected chi connectivity index (χ3v) is 3.33. The molecule has 1 N–H and O–H groups in total. The van der Waals surface area contributed by atoms with E-state index in [1.54, 1.807) is 0 Å². The number of rotatable bonds is 4. The van der Waals surface area contributed by atoms with E-state index in [2.05, 4.69) is 31.3 Å². The minimum Gasteiger partial charge on any atom is -0.465 e. The molecule has 0 spiro atoms. The average Bonchev–Trinajstić information content (AvgIpc) is 2.83. The largest absolute Gasteiger partial charge is 0.465 e. The molecule has 2 unspecified atom stereocenters. The lowest BCUT2D eigenvalue weighted by molar-refractivity contribution is 0.421. The van der Waals surface area contributed by atoms with Gasteiger partial charge in [0.15, 0.2) is 0 Å². The molecule has 1 aliphatic rings. The van der Waals surface area contributed by atoms with Crippen LogP contribution in [0.3, 0.4) is 0 Å². The van der Waals surface area contributed by atoms with Crippen LogP contribution in [0, 0.1) is 5.92 Å². The number of furan rings is 1. The molecule has 1 heterocycles. The fourth-order valence-electron chi connectivity index (χ4n) is 2.34. The molecule has 2 atom stereocenters. The second-order valence-corrected chi connectivity index (χ2v) is 4.72. The Kier molecular flexibility index (Phi) is 3.47. The summed E-state index contributed by atoms with van der Waals surface area (Å²) in [5.41, 5.74) is 0. The standard InChI is InChI=1S/C13H21NO/c1-3-12-6-7-13(15-12)9-14-11-5-4-10(2)8-11/h6-7,10-11,14H,3-5,8-9H2,1-2H3. The van der Waals surface area contributed by atoms with E-state index in [1.807, 2.05) is 0 Å². The van der Waals surface area contributed by atoms with Gasteiger partial charge in [-0.15, -0.1) is 0 Å². The average molecular weight is 207 g/mol. The highest BCUT2D eigenvalue weighted by atomic mass is 16.3. The molecule has 2 heteroatoms. The lowest BCUT2D eigenvalue weighted by Crippen LogP contribution is -2.25. The van der Waals surface area contributed by atoms with Crippen molar-refractivity contribution in [3.05, 3.63) is 23.7 Å². The molecular formula is C13H21NO. The SMILES string of the molecule is CCc1ccc(CNC2CCC(C)C2)o1. The van der Waals surface area contributed by atoms with Gasteiger partial charge < -0.3 is 9.73 Å². The number of hydrogen-bond donors (Lipinski definition) is 1. The van der Waals surface area contributed by atoms with Crippen molar-refractivity contribution >= 4 is 0 Å². The fourth-order valence-corrected chi connectivity index (χ4v) is 2.34. The summed E-state index contributed by atoms with van der Waals surface area (Å²) in [6.45, 7) is 5.34. The molecule has 2 nitrogen and oxygen atoms in total. The maximum Gasteiger partial charge on any atom is 0.117 e. The van der Waals surface area contributed by atoms with E-state index in [-0.39, 0.29) is 0 Å². The van der Waals surface area contributed by atoms with Crippen LogP contribution in [0.4, 0.5) is 0 Å². The van der Waals surface area contributed by atoms with Crippen molar-refractivity contribution < 1.29 is 4.42 Å². The number of nitrogens with one attached hydrogen (secondary N) is 1. The normalized spacial score (nSPS) is 26.0. The molecule has 0 amide bonds. The van der Waals surface area contributed by atoms with Crippen LogP contribution in [-0.4, -0.2) is 6.04 Å². The summed E-state index contributed by atoms with van der Waals surface area (Å²) < 4.78 is 5.66. The Morgan fingerprint density at radius 1 is 1.33 bits per heavy atom. The zero-order chi connectivity index (χ0) is 10.7. The molecular weight excluding hydrogens is 186 g/mol. The monoisotopic (exact) mass is 207 g/mol. The molecule has 15 heavy (non-hydrogen) atoms. The predicted molar refractivity (Wildman–Crippen MR) is 61.7 cm³/mol. The lowest BCUT2D eigenvalue weighted by Gasteiger charge is -2.10. The van der Waals surface area contributed by atoms with Crippen LogP contribution < -0.4 is 5.32 Å². The summed E-state index contributed by atoms with van der Waals surface area (Å²) in [4.78, 5) is 0. The first-order chi connectivity index (χ1) is 7.28. The summed E-state index contributed by atoms with van der Waals surface area (Å²) in [6.07, 6.45) is 5.00. The van der Waals surface area contributed by atoms with Crippen LogP contribution in [0.15, 0.2) is 16.5 Å². The molecule has 1 aliphatic carbocycles. The van der Waals surface area contributed by atoms with Gasteiger partial charge in [0, 0.05) is 12.5 Å². The highest BCUT2D eigenvalue weighted by Gasteiger charge is 2.20. The van der Waals surface area contributed by atoms with Gasteiger partial charge in [-0.05, 0) is 37.3 Å². The van der Waals surface area contributed by atoms with Crippen LogP contribution in [0.25, 0.3) is 0 Å². The van der Waals surface area contributed by atoms with Crippen LogP contribution in [0.5, 0.6) is 0 Å². The first kappa shape index (κ1) is 10.7. The van der Waals surface area contributed by atoms with Crippen LogP contribution in [-0.2, 0) is 13.0 Å². The van der Waals surface area contributed by atoms with Crippen LogP contribution in [0.1, 0.15) is 44.6 Å². The van der Waals surface area contributed by atoms with Crippen molar-refractivity contribution in [3.8, 4) is 0 Å². The second-order valence-electron chi connectivity index (χ2n) is 4.72. The van der Waals surface area contributed by atoms with Gasteiger partial charge in [-0.3, -0.25) is 0 Å². The molecule has 0 radical (unpaired) electrons. The molecule has 1 fully saturated rings. The Morgan fingerprint density at radius 2 is 2.13 bits per heavy atom. The summed E-state index contributed by atoms with van der Waals surface area (Å²) in [6, 6.07) is 4.87. The van der Waals surface area contributed by atoms with E-state index < -0.39 is 0 Å². The summed E-state index contributed by atoms with van der Waals surface area (Å²) >= 11 is 0. The van der Waals surface area contributed by atoms with Gasteiger partial charge in [0.2, 0.25) is 0 Å². The Balaban J connectivity index is 1.77. The van der Waals surface area contributed by atoms with E-state index in [0.29, 0.717) is 6.04 Å². The first-order valence-corrected chi connectivity index (χ1v) is 6.09. The number of aryl methyl sites for hydroxylation is 1. The Hall–Kier alpha value is -0.760. The van der Waals surface area contributed by atoms with Crippen LogP contribution in [0.2, 0.25) is 0 Å². The second kappa shape index (κ2) is 4.84. The van der Waals surface area contributed by atoms with Crippen molar-refractivity contribution in [2.45, 2.75) is 52.1 Å².